The van der Waals surface area contributed by atoms with Crippen LogP contribution in [0.1, 0.15) is 25.7 Å². The first-order valence-corrected chi connectivity index (χ1v) is 6.19. The van der Waals surface area contributed by atoms with E-state index in [4.69, 9.17) is 5.73 Å². The number of pyridine rings is 1. The standard InChI is InChI=1S/C11H16BrN3/c12-8-4-3-7-14-11(8)15-10-6-2-1-5-9(10)13/h3-4,7,9-10H,1-2,5-6,13H2,(H,14,15)/t9-,10-/m1/s1. The van der Waals surface area contributed by atoms with Gasteiger partial charge in [-0.15, -0.1) is 0 Å². The summed E-state index contributed by atoms with van der Waals surface area (Å²) in [5.41, 5.74) is 6.07. The van der Waals surface area contributed by atoms with Crippen LogP contribution in [0.2, 0.25) is 0 Å². The van der Waals surface area contributed by atoms with E-state index in [1.807, 2.05) is 12.1 Å². The van der Waals surface area contributed by atoms with E-state index in [0.717, 1.165) is 23.1 Å². The lowest BCUT2D eigenvalue weighted by Crippen LogP contribution is -2.42. The van der Waals surface area contributed by atoms with E-state index >= 15 is 0 Å². The van der Waals surface area contributed by atoms with Crippen molar-refractivity contribution < 1.29 is 0 Å². The summed E-state index contributed by atoms with van der Waals surface area (Å²) in [4.78, 5) is 4.29. The number of anilines is 1. The molecule has 1 aliphatic carbocycles. The Morgan fingerprint density at radius 1 is 1.40 bits per heavy atom. The molecule has 1 saturated carbocycles. The molecule has 82 valence electrons. The third-order valence-electron chi connectivity index (χ3n) is 2.90. The van der Waals surface area contributed by atoms with Crippen molar-refractivity contribution in [2.45, 2.75) is 37.8 Å². The number of nitrogens with zero attached hydrogens (tertiary/aromatic N) is 1. The molecule has 0 aromatic carbocycles. The molecule has 0 saturated heterocycles. The van der Waals surface area contributed by atoms with Crippen molar-refractivity contribution in [1.29, 1.82) is 0 Å². The topological polar surface area (TPSA) is 50.9 Å². The Kier molecular flexibility index (Phi) is 3.59. The van der Waals surface area contributed by atoms with Gasteiger partial charge in [0.15, 0.2) is 0 Å². The molecule has 3 N–H and O–H groups in total. The molecule has 0 unspecified atom stereocenters. The molecule has 4 heteroatoms. The third kappa shape index (κ3) is 2.69. The average molecular weight is 270 g/mol. The summed E-state index contributed by atoms with van der Waals surface area (Å²) in [6.07, 6.45) is 6.56. The quantitative estimate of drug-likeness (QED) is 0.868. The van der Waals surface area contributed by atoms with Crippen molar-refractivity contribution in [3.05, 3.63) is 22.8 Å². The SMILES string of the molecule is N[C@@H]1CCCC[C@H]1Nc1ncccc1Br. The summed E-state index contributed by atoms with van der Waals surface area (Å²) in [5.74, 6) is 0.903. The molecule has 1 fully saturated rings. The van der Waals surface area contributed by atoms with Crippen molar-refractivity contribution >= 4 is 21.7 Å². The smallest absolute Gasteiger partial charge is 0.140 e. The molecule has 1 aromatic rings. The van der Waals surface area contributed by atoms with Crippen LogP contribution in [0.3, 0.4) is 0 Å². The fourth-order valence-corrected chi connectivity index (χ4v) is 2.38. The highest BCUT2D eigenvalue weighted by Crippen LogP contribution is 2.24. The highest BCUT2D eigenvalue weighted by molar-refractivity contribution is 9.10. The second-order valence-electron chi connectivity index (χ2n) is 4.03. The van der Waals surface area contributed by atoms with Gasteiger partial charge in [0.1, 0.15) is 5.82 Å². The zero-order valence-corrected chi connectivity index (χ0v) is 10.2. The van der Waals surface area contributed by atoms with Gasteiger partial charge in [-0.1, -0.05) is 12.8 Å². The summed E-state index contributed by atoms with van der Waals surface area (Å²) in [6.45, 7) is 0. The number of rotatable bonds is 2. The van der Waals surface area contributed by atoms with Gasteiger partial charge in [0.05, 0.1) is 4.47 Å². The summed E-state index contributed by atoms with van der Waals surface area (Å²) < 4.78 is 1.00. The molecule has 0 aliphatic heterocycles. The Balaban J connectivity index is 2.04. The molecule has 2 atom stereocenters. The van der Waals surface area contributed by atoms with Gasteiger partial charge in [0.2, 0.25) is 0 Å². The van der Waals surface area contributed by atoms with Crippen LogP contribution in [0.15, 0.2) is 22.8 Å². The zero-order valence-electron chi connectivity index (χ0n) is 8.62. The van der Waals surface area contributed by atoms with Crippen LogP contribution in [0.25, 0.3) is 0 Å². The van der Waals surface area contributed by atoms with E-state index in [0.29, 0.717) is 6.04 Å². The second-order valence-corrected chi connectivity index (χ2v) is 4.89. The molecule has 0 amide bonds. The third-order valence-corrected chi connectivity index (χ3v) is 3.54. The molecule has 0 spiro atoms. The highest BCUT2D eigenvalue weighted by Gasteiger charge is 2.22. The minimum Gasteiger partial charge on any atom is -0.365 e. The Bertz CT molecular complexity index is 329. The van der Waals surface area contributed by atoms with Gasteiger partial charge in [-0.2, -0.15) is 0 Å². The van der Waals surface area contributed by atoms with E-state index < -0.39 is 0 Å². The molecule has 3 nitrogen and oxygen atoms in total. The lowest BCUT2D eigenvalue weighted by molar-refractivity contribution is 0.403. The summed E-state index contributed by atoms with van der Waals surface area (Å²) in [5, 5.41) is 3.42. The summed E-state index contributed by atoms with van der Waals surface area (Å²) >= 11 is 3.48. The van der Waals surface area contributed by atoms with Gasteiger partial charge < -0.3 is 11.1 Å². The van der Waals surface area contributed by atoms with E-state index in [2.05, 4.69) is 26.2 Å². The summed E-state index contributed by atoms with van der Waals surface area (Å²) in [6, 6.07) is 4.53. The number of hydrogen-bond donors (Lipinski definition) is 2. The van der Waals surface area contributed by atoms with Gasteiger partial charge in [-0.25, -0.2) is 4.98 Å². The average Bonchev–Trinajstić information content (AvgIpc) is 2.24. The Morgan fingerprint density at radius 2 is 2.20 bits per heavy atom. The molecular formula is C11H16BrN3. The zero-order chi connectivity index (χ0) is 10.7. The number of hydrogen-bond acceptors (Lipinski definition) is 3. The maximum atomic E-state index is 6.07. The summed E-state index contributed by atoms with van der Waals surface area (Å²) in [7, 11) is 0. The number of halogens is 1. The fourth-order valence-electron chi connectivity index (χ4n) is 2.01. The van der Waals surface area contributed by atoms with Crippen LogP contribution >= 0.6 is 15.9 Å². The van der Waals surface area contributed by atoms with Crippen LogP contribution in [-0.4, -0.2) is 17.1 Å². The van der Waals surface area contributed by atoms with Gasteiger partial charge in [-0.05, 0) is 40.9 Å². The lowest BCUT2D eigenvalue weighted by Gasteiger charge is -2.29. The number of nitrogens with two attached hydrogens (primary N) is 1. The van der Waals surface area contributed by atoms with Crippen molar-refractivity contribution in [2.24, 2.45) is 5.73 Å². The maximum Gasteiger partial charge on any atom is 0.140 e. The first-order chi connectivity index (χ1) is 7.27. The van der Waals surface area contributed by atoms with E-state index in [9.17, 15) is 0 Å². The second kappa shape index (κ2) is 4.94. The number of nitrogens with one attached hydrogen (secondary N) is 1. The molecule has 2 rings (SSSR count). The Morgan fingerprint density at radius 3 is 2.93 bits per heavy atom. The number of aromatic nitrogens is 1. The normalized spacial score (nSPS) is 26.3. The van der Waals surface area contributed by atoms with E-state index in [-0.39, 0.29) is 6.04 Å². The minimum absolute atomic E-state index is 0.257. The van der Waals surface area contributed by atoms with Gasteiger partial charge in [0.25, 0.3) is 0 Å². The Hall–Kier alpha value is -0.610. The van der Waals surface area contributed by atoms with Gasteiger partial charge >= 0.3 is 0 Å². The molecule has 1 aliphatic rings. The predicted octanol–water partition coefficient (Wildman–Crippen LogP) is 2.53. The van der Waals surface area contributed by atoms with E-state index in [1.54, 1.807) is 6.20 Å². The molecule has 0 bridgehead atoms. The monoisotopic (exact) mass is 269 g/mol. The van der Waals surface area contributed by atoms with E-state index in [1.165, 1.54) is 12.8 Å². The van der Waals surface area contributed by atoms with Crippen LogP contribution in [0.5, 0.6) is 0 Å². The lowest BCUT2D eigenvalue weighted by atomic mass is 9.91. The van der Waals surface area contributed by atoms with Gasteiger partial charge in [0, 0.05) is 18.3 Å². The molecule has 0 radical (unpaired) electrons. The largest absolute Gasteiger partial charge is 0.365 e. The van der Waals surface area contributed by atoms with Crippen LogP contribution in [-0.2, 0) is 0 Å². The molecule has 1 heterocycles. The highest BCUT2D eigenvalue weighted by atomic mass is 79.9. The fraction of sp³-hybridized carbons (Fsp3) is 0.545. The van der Waals surface area contributed by atoms with Crippen LogP contribution < -0.4 is 11.1 Å². The van der Waals surface area contributed by atoms with Crippen LogP contribution in [0.4, 0.5) is 5.82 Å². The maximum absolute atomic E-state index is 6.07. The van der Waals surface area contributed by atoms with Crippen molar-refractivity contribution in [2.75, 3.05) is 5.32 Å². The minimum atomic E-state index is 0.257. The predicted molar refractivity (Wildman–Crippen MR) is 65.8 cm³/mol. The first-order valence-electron chi connectivity index (χ1n) is 5.40. The van der Waals surface area contributed by atoms with Crippen molar-refractivity contribution in [3.63, 3.8) is 0 Å². The van der Waals surface area contributed by atoms with Gasteiger partial charge in [-0.3, -0.25) is 0 Å². The molecular weight excluding hydrogens is 254 g/mol. The van der Waals surface area contributed by atoms with Crippen molar-refractivity contribution in [3.8, 4) is 0 Å². The van der Waals surface area contributed by atoms with Crippen LogP contribution in [0, 0.1) is 0 Å². The molecule has 1 aromatic heterocycles. The Labute approximate surface area is 98.6 Å². The molecule has 15 heavy (non-hydrogen) atoms. The van der Waals surface area contributed by atoms with Crippen molar-refractivity contribution in [1.82, 2.24) is 4.98 Å². The first kappa shape index (κ1) is 10.9.